The van der Waals surface area contributed by atoms with Gasteiger partial charge in [-0.15, -0.1) is 13.2 Å². The van der Waals surface area contributed by atoms with Gasteiger partial charge in [0.1, 0.15) is 17.1 Å². The number of nitrogens with two attached hydrogens (primary N) is 1. The predicted octanol–water partition coefficient (Wildman–Crippen LogP) is 4.52. The Bertz CT molecular complexity index is 1080. The lowest BCUT2D eigenvalue weighted by atomic mass is 9.67. The molecule has 0 aromatic heterocycles. The first kappa shape index (κ1) is 23.4. The zero-order chi connectivity index (χ0) is 24.1. The number of benzene rings is 2. The number of rotatable bonds is 4. The van der Waals surface area contributed by atoms with E-state index in [0.29, 0.717) is 0 Å². The molecule has 2 aromatic rings. The van der Waals surface area contributed by atoms with Crippen LogP contribution in [0.4, 0.5) is 28.9 Å². The van der Waals surface area contributed by atoms with Crippen molar-refractivity contribution in [2.45, 2.75) is 32.6 Å². The fraction of sp³-hybridized carbons (Fsp3) is 0.364. The van der Waals surface area contributed by atoms with Gasteiger partial charge in [0.15, 0.2) is 5.96 Å². The Morgan fingerprint density at radius 2 is 1.75 bits per heavy atom. The van der Waals surface area contributed by atoms with Gasteiger partial charge in [0, 0.05) is 12.6 Å². The van der Waals surface area contributed by atoms with Crippen LogP contribution in [0.1, 0.15) is 26.3 Å². The van der Waals surface area contributed by atoms with Crippen LogP contribution in [0.5, 0.6) is 5.75 Å². The van der Waals surface area contributed by atoms with Crippen LogP contribution in [-0.2, 0) is 10.3 Å². The second-order valence-corrected chi connectivity index (χ2v) is 8.17. The normalized spacial score (nSPS) is 20.7. The number of nitrogens with zero attached hydrogens (tertiary/aromatic N) is 3. The Hall–Kier alpha value is -3.30. The van der Waals surface area contributed by atoms with E-state index in [9.17, 15) is 18.0 Å². The molecule has 0 saturated heterocycles. The van der Waals surface area contributed by atoms with Gasteiger partial charge in [-0.2, -0.15) is 0 Å². The molecule has 3 rings (SSSR count). The number of anilines is 2. The summed E-state index contributed by atoms with van der Waals surface area (Å²) in [6.07, 6.45) is -4.86. The summed E-state index contributed by atoms with van der Waals surface area (Å²) in [5, 5.41) is 0. The van der Waals surface area contributed by atoms with Crippen LogP contribution in [0.25, 0.3) is 0 Å². The first-order valence-corrected chi connectivity index (χ1v) is 9.69. The van der Waals surface area contributed by atoms with Crippen molar-refractivity contribution >= 4 is 23.2 Å². The Labute approximate surface area is 183 Å². The van der Waals surface area contributed by atoms with Crippen molar-refractivity contribution in [3.05, 3.63) is 53.8 Å². The first-order valence-electron chi connectivity index (χ1n) is 9.69. The molecule has 0 saturated carbocycles. The summed E-state index contributed by atoms with van der Waals surface area (Å²) in [6.45, 7) is 4.58. The van der Waals surface area contributed by atoms with Crippen LogP contribution in [0.15, 0.2) is 47.5 Å². The lowest BCUT2D eigenvalue weighted by molar-refractivity contribution is -0.140. The molecule has 32 heavy (non-hydrogen) atoms. The van der Waals surface area contributed by atoms with Crippen molar-refractivity contribution in [1.82, 2.24) is 4.90 Å². The molecule has 0 radical (unpaired) electrons. The average molecular weight is 452 g/mol. The van der Waals surface area contributed by atoms with Gasteiger partial charge in [0.25, 0.3) is 0 Å². The van der Waals surface area contributed by atoms with Gasteiger partial charge < -0.3 is 10.5 Å². The van der Waals surface area contributed by atoms with E-state index in [1.54, 1.807) is 13.8 Å². The summed E-state index contributed by atoms with van der Waals surface area (Å²) in [5.74, 6) is -1.41. The van der Waals surface area contributed by atoms with Crippen molar-refractivity contribution in [3.8, 4) is 5.75 Å². The quantitative estimate of drug-likeness (QED) is 0.547. The minimum atomic E-state index is -4.86. The molecule has 2 N–H and O–H groups in total. The minimum absolute atomic E-state index is 0.0148. The number of carbonyl (C=O) groups excluding carboxylic acids is 1. The van der Waals surface area contributed by atoms with Crippen molar-refractivity contribution < 1.29 is 27.1 Å². The summed E-state index contributed by atoms with van der Waals surface area (Å²) >= 11 is 0. The molecule has 10 heteroatoms. The fourth-order valence-electron chi connectivity index (χ4n) is 3.83. The Kier molecular flexibility index (Phi) is 5.61. The second kappa shape index (κ2) is 7.68. The van der Waals surface area contributed by atoms with Gasteiger partial charge in [0.2, 0.25) is 5.91 Å². The zero-order valence-corrected chi connectivity index (χ0v) is 18.3. The van der Waals surface area contributed by atoms with Crippen LogP contribution < -0.4 is 15.4 Å². The molecule has 0 fully saturated rings. The van der Waals surface area contributed by atoms with Crippen molar-refractivity contribution in [2.24, 2.45) is 16.1 Å². The number of alkyl halides is 3. The van der Waals surface area contributed by atoms with Gasteiger partial charge in [-0.25, -0.2) is 14.3 Å². The highest BCUT2D eigenvalue weighted by molar-refractivity contribution is 6.01. The number of amides is 1. The van der Waals surface area contributed by atoms with Crippen molar-refractivity contribution in [3.63, 3.8) is 0 Å². The highest BCUT2D eigenvalue weighted by atomic mass is 19.4. The first-order chi connectivity index (χ1) is 14.8. The van der Waals surface area contributed by atoms with Crippen LogP contribution in [0, 0.1) is 11.2 Å². The maximum absolute atomic E-state index is 15.0. The zero-order valence-electron chi connectivity index (χ0n) is 18.3. The Morgan fingerprint density at radius 1 is 1.12 bits per heavy atom. The molecule has 0 aliphatic carbocycles. The molecular weight excluding hydrogens is 428 g/mol. The Balaban J connectivity index is 2.27. The summed E-state index contributed by atoms with van der Waals surface area (Å²) < 4.78 is 62.7. The van der Waals surface area contributed by atoms with Gasteiger partial charge >= 0.3 is 6.30 Å². The number of hydrogen-bond acceptors (Lipinski definition) is 5. The van der Waals surface area contributed by atoms with Gasteiger partial charge in [0.05, 0.1) is 23.9 Å². The number of methoxy groups -OCH3 is 1. The number of aliphatic imine (C=N–C) groups is 1. The van der Waals surface area contributed by atoms with Crippen molar-refractivity contribution in [2.75, 3.05) is 19.1 Å². The third-order valence-electron chi connectivity index (χ3n) is 6.05. The molecule has 172 valence electrons. The number of guanidine groups is 1. The lowest BCUT2D eigenvalue weighted by Crippen LogP contribution is -2.58. The fourth-order valence-corrected chi connectivity index (χ4v) is 3.83. The van der Waals surface area contributed by atoms with E-state index in [1.165, 1.54) is 45.3 Å². The minimum Gasteiger partial charge on any atom is -0.495 e. The number of halogens is 4. The number of para-hydroxylation sites is 2. The largest absolute Gasteiger partial charge is 0.495 e. The number of hydrogen-bond donors (Lipinski definition) is 1. The summed E-state index contributed by atoms with van der Waals surface area (Å²) in [6, 6.07) is 8.60. The summed E-state index contributed by atoms with van der Waals surface area (Å²) in [4.78, 5) is 18.4. The topological polar surface area (TPSA) is 71.2 Å². The third-order valence-corrected chi connectivity index (χ3v) is 6.05. The second-order valence-electron chi connectivity index (χ2n) is 8.17. The molecule has 1 heterocycles. The molecule has 0 bridgehead atoms. The number of ether oxygens (including phenoxy) is 1. The van der Waals surface area contributed by atoms with Gasteiger partial charge in [-0.1, -0.05) is 12.1 Å². The van der Waals surface area contributed by atoms with E-state index in [-0.39, 0.29) is 33.5 Å². The van der Waals surface area contributed by atoms with E-state index >= 15 is 4.39 Å². The highest BCUT2D eigenvalue weighted by Crippen LogP contribution is 2.49. The van der Waals surface area contributed by atoms with E-state index in [0.717, 1.165) is 23.1 Å². The lowest BCUT2D eigenvalue weighted by Gasteiger charge is -2.46. The molecule has 1 aliphatic heterocycles. The SMILES string of the molecule is COc1ccccc1N(c1ccc(F)c(C2(C)N=C(N)N(C)C(=O)C2(C)C)c1)C(F)(F)F. The monoisotopic (exact) mass is 452 g/mol. The third kappa shape index (κ3) is 3.53. The number of carbonyl (C=O) groups is 1. The van der Waals surface area contributed by atoms with E-state index in [1.807, 2.05) is 0 Å². The molecular formula is C22H24F4N4O2. The molecule has 1 aliphatic rings. The van der Waals surface area contributed by atoms with Crippen LogP contribution in [-0.4, -0.2) is 37.2 Å². The van der Waals surface area contributed by atoms with Gasteiger partial charge in [-0.05, 0) is 51.1 Å². The molecule has 1 atom stereocenters. The van der Waals surface area contributed by atoms with E-state index in [4.69, 9.17) is 10.5 Å². The summed E-state index contributed by atoms with van der Waals surface area (Å²) in [7, 11) is 2.69. The maximum Gasteiger partial charge on any atom is 0.489 e. The van der Waals surface area contributed by atoms with Crippen LogP contribution in [0.2, 0.25) is 0 Å². The standard InChI is InChI=1S/C22H24F4N4O2/c1-20(2)18(31)29(4)19(27)28-21(20,3)14-12-13(10-11-15(14)23)30(22(24,25)26)16-8-6-7-9-17(16)32-5/h6-12H,1-5H3,(H2,27,28). The molecule has 1 unspecified atom stereocenters. The van der Waals surface area contributed by atoms with E-state index in [2.05, 4.69) is 4.99 Å². The van der Waals surface area contributed by atoms with Crippen LogP contribution >= 0.6 is 0 Å². The Morgan fingerprint density at radius 3 is 2.34 bits per heavy atom. The van der Waals surface area contributed by atoms with Crippen LogP contribution in [0.3, 0.4) is 0 Å². The van der Waals surface area contributed by atoms with Crippen molar-refractivity contribution in [1.29, 1.82) is 0 Å². The molecule has 2 aromatic carbocycles. The smallest absolute Gasteiger partial charge is 0.489 e. The van der Waals surface area contributed by atoms with Gasteiger partial charge in [-0.3, -0.25) is 9.69 Å². The molecule has 6 nitrogen and oxygen atoms in total. The predicted molar refractivity (Wildman–Crippen MR) is 113 cm³/mol. The molecule has 1 amide bonds. The molecule has 0 spiro atoms. The maximum atomic E-state index is 15.0. The van der Waals surface area contributed by atoms with E-state index < -0.39 is 29.0 Å². The highest BCUT2D eigenvalue weighted by Gasteiger charge is 2.54. The summed E-state index contributed by atoms with van der Waals surface area (Å²) in [5.41, 5.74) is 2.20. The average Bonchev–Trinajstić information content (AvgIpc) is 2.72.